The maximum absolute atomic E-state index is 11.1. The summed E-state index contributed by atoms with van der Waals surface area (Å²) in [4.78, 5) is 22.1. The largest absolute Gasteiger partial charge is 0.478 e. The van der Waals surface area contributed by atoms with Gasteiger partial charge in [-0.3, -0.25) is 4.79 Å². The lowest BCUT2D eigenvalue weighted by atomic mass is 10.2. The van der Waals surface area contributed by atoms with Crippen LogP contribution in [0.1, 0.15) is 45.3 Å². The average Bonchev–Trinajstić information content (AvgIpc) is 3.18. The van der Waals surface area contributed by atoms with Crippen molar-refractivity contribution in [2.75, 3.05) is 0 Å². The molecule has 1 aromatic carbocycles. The van der Waals surface area contributed by atoms with E-state index in [4.69, 9.17) is 16.7 Å². The summed E-state index contributed by atoms with van der Waals surface area (Å²) in [7, 11) is 0. The number of halogens is 1. The minimum Gasteiger partial charge on any atom is -0.478 e. The van der Waals surface area contributed by atoms with Gasteiger partial charge in [0.25, 0.3) is 0 Å². The zero-order chi connectivity index (χ0) is 14.3. The molecule has 0 radical (unpaired) electrons. The summed E-state index contributed by atoms with van der Waals surface area (Å²) in [6, 6.07) is 4.59. The van der Waals surface area contributed by atoms with Gasteiger partial charge in [-0.2, -0.15) is 0 Å². The molecule has 102 valence electrons. The van der Waals surface area contributed by atoms with E-state index >= 15 is 0 Å². The fourth-order valence-corrected chi connectivity index (χ4v) is 2.32. The number of aldehydes is 1. The molecule has 0 aliphatic heterocycles. The third kappa shape index (κ3) is 2.08. The third-order valence-corrected chi connectivity index (χ3v) is 3.56. The number of hydrogen-bond acceptors (Lipinski definition) is 4. The molecular formula is C13H10ClN3O3. The summed E-state index contributed by atoms with van der Waals surface area (Å²) in [5, 5.41) is 17.0. The molecule has 1 saturated carbocycles. The lowest BCUT2D eigenvalue weighted by molar-refractivity contribution is 0.0697. The van der Waals surface area contributed by atoms with E-state index in [0.717, 1.165) is 18.5 Å². The smallest absolute Gasteiger partial charge is 0.337 e. The molecule has 0 unspecified atom stereocenters. The SMILES string of the molecule is O=Cc1nnn(-c2ccc(Cl)c(C(=O)O)c2)c1C1CC1. The number of carboxylic acids is 1. The van der Waals surface area contributed by atoms with Gasteiger partial charge in [-0.15, -0.1) is 5.10 Å². The van der Waals surface area contributed by atoms with Crippen LogP contribution in [0, 0.1) is 0 Å². The molecule has 0 bridgehead atoms. The molecule has 7 heteroatoms. The number of nitrogens with zero attached hydrogens (tertiary/aromatic N) is 3. The van der Waals surface area contributed by atoms with Gasteiger partial charge in [-0.05, 0) is 31.0 Å². The standard InChI is InChI=1S/C13H10ClN3O3/c14-10-4-3-8(5-9(10)13(19)20)17-12(7-1-2-7)11(6-18)15-16-17/h3-7H,1-2H2,(H,19,20). The van der Waals surface area contributed by atoms with E-state index in [1.165, 1.54) is 16.8 Å². The summed E-state index contributed by atoms with van der Waals surface area (Å²) in [5.74, 6) is -0.852. The van der Waals surface area contributed by atoms with E-state index < -0.39 is 5.97 Å². The molecule has 0 amide bonds. The van der Waals surface area contributed by atoms with Crippen molar-refractivity contribution in [1.82, 2.24) is 15.0 Å². The Kier molecular flexibility index (Phi) is 3.02. The second-order valence-electron chi connectivity index (χ2n) is 4.63. The van der Waals surface area contributed by atoms with Crippen LogP contribution in [0.5, 0.6) is 0 Å². The first-order valence-electron chi connectivity index (χ1n) is 6.06. The quantitative estimate of drug-likeness (QED) is 0.874. The third-order valence-electron chi connectivity index (χ3n) is 3.23. The first-order chi connectivity index (χ1) is 9.61. The molecule has 2 aromatic rings. The van der Waals surface area contributed by atoms with Crippen molar-refractivity contribution >= 4 is 23.9 Å². The van der Waals surface area contributed by atoms with Crippen LogP contribution in [-0.4, -0.2) is 32.4 Å². The molecular weight excluding hydrogens is 282 g/mol. The van der Waals surface area contributed by atoms with Gasteiger partial charge >= 0.3 is 5.97 Å². The van der Waals surface area contributed by atoms with E-state index in [9.17, 15) is 9.59 Å². The first kappa shape index (κ1) is 12.8. The molecule has 0 atom stereocenters. The Morgan fingerprint density at radius 2 is 2.20 bits per heavy atom. The number of carboxylic acid groups (broad SMARTS) is 1. The Balaban J connectivity index is 2.14. The first-order valence-corrected chi connectivity index (χ1v) is 6.43. The van der Waals surface area contributed by atoms with Crippen LogP contribution in [-0.2, 0) is 0 Å². The van der Waals surface area contributed by atoms with E-state index in [0.29, 0.717) is 17.7 Å². The van der Waals surface area contributed by atoms with Crippen molar-refractivity contribution in [3.05, 3.63) is 40.2 Å². The van der Waals surface area contributed by atoms with Crippen LogP contribution in [0.4, 0.5) is 0 Å². The predicted octanol–water partition coefficient (Wildman–Crippen LogP) is 2.31. The van der Waals surface area contributed by atoms with E-state index in [2.05, 4.69) is 10.3 Å². The van der Waals surface area contributed by atoms with Gasteiger partial charge in [0.1, 0.15) is 5.69 Å². The molecule has 1 N–H and O–H groups in total. The van der Waals surface area contributed by atoms with Gasteiger partial charge in [0.2, 0.25) is 0 Å². The Morgan fingerprint density at radius 1 is 1.45 bits per heavy atom. The normalized spacial score (nSPS) is 14.2. The lowest BCUT2D eigenvalue weighted by Crippen LogP contribution is -2.05. The summed E-state index contributed by atoms with van der Waals surface area (Å²) >= 11 is 5.84. The van der Waals surface area contributed by atoms with Crippen molar-refractivity contribution in [1.29, 1.82) is 0 Å². The fraction of sp³-hybridized carbons (Fsp3) is 0.231. The van der Waals surface area contributed by atoms with Crippen LogP contribution in [0.25, 0.3) is 5.69 Å². The van der Waals surface area contributed by atoms with Crippen molar-refractivity contribution in [3.63, 3.8) is 0 Å². The van der Waals surface area contributed by atoms with Crippen LogP contribution < -0.4 is 0 Å². The molecule has 1 aliphatic rings. The van der Waals surface area contributed by atoms with Crippen molar-refractivity contribution in [2.45, 2.75) is 18.8 Å². The minimum atomic E-state index is -1.11. The molecule has 1 aliphatic carbocycles. The van der Waals surface area contributed by atoms with Crippen molar-refractivity contribution < 1.29 is 14.7 Å². The summed E-state index contributed by atoms with van der Waals surface area (Å²) in [5.41, 5.74) is 1.57. The van der Waals surface area contributed by atoms with Crippen LogP contribution in [0.2, 0.25) is 5.02 Å². The Morgan fingerprint density at radius 3 is 2.80 bits per heavy atom. The highest BCUT2D eigenvalue weighted by Gasteiger charge is 2.31. The van der Waals surface area contributed by atoms with Crippen molar-refractivity contribution in [2.24, 2.45) is 0 Å². The maximum atomic E-state index is 11.1. The number of rotatable bonds is 4. The van der Waals surface area contributed by atoms with E-state index in [-0.39, 0.29) is 16.5 Å². The monoisotopic (exact) mass is 291 g/mol. The number of carbonyl (C=O) groups excluding carboxylic acids is 1. The van der Waals surface area contributed by atoms with Crippen LogP contribution in [0.3, 0.4) is 0 Å². The molecule has 20 heavy (non-hydrogen) atoms. The number of hydrogen-bond donors (Lipinski definition) is 1. The van der Waals surface area contributed by atoms with Gasteiger partial charge in [-0.25, -0.2) is 9.48 Å². The van der Waals surface area contributed by atoms with Gasteiger partial charge in [0.05, 0.1) is 22.0 Å². The zero-order valence-corrected chi connectivity index (χ0v) is 11.0. The molecule has 1 heterocycles. The molecule has 0 spiro atoms. The van der Waals surface area contributed by atoms with Gasteiger partial charge in [0, 0.05) is 5.92 Å². The summed E-state index contributed by atoms with van der Waals surface area (Å²) in [6.45, 7) is 0. The number of benzene rings is 1. The summed E-state index contributed by atoms with van der Waals surface area (Å²) < 4.78 is 1.52. The highest BCUT2D eigenvalue weighted by Crippen LogP contribution is 2.41. The molecule has 0 saturated heterocycles. The molecule has 3 rings (SSSR count). The molecule has 6 nitrogen and oxygen atoms in total. The number of carbonyl (C=O) groups is 2. The van der Waals surface area contributed by atoms with Gasteiger partial charge < -0.3 is 5.11 Å². The zero-order valence-electron chi connectivity index (χ0n) is 10.3. The Hall–Kier alpha value is -2.21. The number of aromatic nitrogens is 3. The second kappa shape index (κ2) is 4.72. The van der Waals surface area contributed by atoms with Crippen LogP contribution >= 0.6 is 11.6 Å². The number of aromatic carboxylic acids is 1. The van der Waals surface area contributed by atoms with Gasteiger partial charge in [-0.1, -0.05) is 16.8 Å². The van der Waals surface area contributed by atoms with E-state index in [1.807, 2.05) is 0 Å². The average molecular weight is 292 g/mol. The fourth-order valence-electron chi connectivity index (χ4n) is 2.12. The van der Waals surface area contributed by atoms with Crippen molar-refractivity contribution in [3.8, 4) is 5.69 Å². The maximum Gasteiger partial charge on any atom is 0.337 e. The second-order valence-corrected chi connectivity index (χ2v) is 5.04. The topological polar surface area (TPSA) is 85.1 Å². The molecule has 1 fully saturated rings. The summed E-state index contributed by atoms with van der Waals surface area (Å²) in [6.07, 6.45) is 2.63. The Labute approximate surface area is 119 Å². The molecule has 1 aromatic heterocycles. The predicted molar refractivity (Wildman–Crippen MR) is 70.7 cm³/mol. The highest BCUT2D eigenvalue weighted by atomic mass is 35.5. The Bertz CT molecular complexity index is 707. The van der Waals surface area contributed by atoms with Crippen LogP contribution in [0.15, 0.2) is 18.2 Å². The minimum absolute atomic E-state index is 0.00549. The van der Waals surface area contributed by atoms with Gasteiger partial charge in [0.15, 0.2) is 6.29 Å². The lowest BCUT2D eigenvalue weighted by Gasteiger charge is -2.07. The van der Waals surface area contributed by atoms with E-state index in [1.54, 1.807) is 6.07 Å². The highest BCUT2D eigenvalue weighted by molar-refractivity contribution is 6.33.